The van der Waals surface area contributed by atoms with Crippen LogP contribution in [0.3, 0.4) is 0 Å². The number of hydrogen-bond donors (Lipinski definition) is 2. The van der Waals surface area contributed by atoms with Crippen molar-refractivity contribution >= 4 is 69.7 Å². The van der Waals surface area contributed by atoms with E-state index in [1.54, 1.807) is 0 Å². The van der Waals surface area contributed by atoms with Crippen molar-refractivity contribution in [1.82, 2.24) is 9.44 Å². The Hall–Kier alpha value is 0.0197. The Morgan fingerprint density at radius 2 is 0.651 bits per heavy atom. The summed E-state index contributed by atoms with van der Waals surface area (Å²) in [6.07, 6.45) is 25.5. The van der Waals surface area contributed by atoms with E-state index in [2.05, 4.69) is 13.8 Å². The van der Waals surface area contributed by atoms with Crippen molar-refractivity contribution in [1.29, 1.82) is 0 Å². The zero-order valence-corrected chi connectivity index (χ0v) is 31.0. The number of aliphatic carboxylic acids is 2. The predicted octanol–water partition coefficient (Wildman–Crippen LogP) is 3.55. The Morgan fingerprint density at radius 3 is 0.860 bits per heavy atom. The summed E-state index contributed by atoms with van der Waals surface area (Å²) >= 11 is 0. The van der Waals surface area contributed by atoms with Gasteiger partial charge in [0.2, 0.25) is 20.0 Å². The van der Waals surface area contributed by atoms with Crippen molar-refractivity contribution in [2.75, 3.05) is 24.6 Å². The monoisotopic (exact) mass is 680 g/mol. The molecule has 0 aromatic carbocycles. The van der Waals surface area contributed by atoms with E-state index in [0.29, 0.717) is 12.8 Å². The quantitative estimate of drug-likeness (QED) is 0.0856. The van der Waals surface area contributed by atoms with Gasteiger partial charge >= 0.3 is 37.7 Å². The second-order valence-corrected chi connectivity index (χ2v) is 14.9. The summed E-state index contributed by atoms with van der Waals surface area (Å²) in [7, 11) is -6.92. The van der Waals surface area contributed by atoms with Gasteiger partial charge in [-0.2, -0.15) is 0 Å². The number of rotatable bonds is 30. The standard InChI is InChI=1S/2C15H31NO4S.Ca/c2*1-2-3-4-5-6-7-8-9-10-11-12-13-21(19,20)16-14-15(17)18;/h2*16H,2-14H2,1H3,(H,17,18);/q;;+2/p-2. The molecule has 0 unspecified atom stereocenters. The van der Waals surface area contributed by atoms with Crippen molar-refractivity contribution in [3.8, 4) is 0 Å². The summed E-state index contributed by atoms with van der Waals surface area (Å²) in [6.45, 7) is 3.16. The summed E-state index contributed by atoms with van der Waals surface area (Å²) < 4.78 is 49.6. The van der Waals surface area contributed by atoms with Crippen LogP contribution < -0.4 is 19.7 Å². The Morgan fingerprint density at radius 1 is 0.442 bits per heavy atom. The van der Waals surface area contributed by atoms with Gasteiger partial charge in [-0.1, -0.05) is 142 Å². The van der Waals surface area contributed by atoms with E-state index >= 15 is 0 Å². The van der Waals surface area contributed by atoms with Crippen LogP contribution in [0.25, 0.3) is 0 Å². The molecule has 0 aliphatic carbocycles. The van der Waals surface area contributed by atoms with Crippen molar-refractivity contribution < 1.29 is 36.6 Å². The molecule has 0 amide bonds. The minimum atomic E-state index is -3.46. The molecule has 0 rings (SSSR count). The van der Waals surface area contributed by atoms with E-state index < -0.39 is 45.1 Å². The molecule has 0 saturated heterocycles. The third kappa shape index (κ3) is 42.0. The molecule has 0 bridgehead atoms. The number of carbonyl (C=O) groups is 2. The summed E-state index contributed by atoms with van der Waals surface area (Å²) in [5.74, 6) is -2.82. The third-order valence-electron chi connectivity index (χ3n) is 6.91. The van der Waals surface area contributed by atoms with Crippen LogP contribution >= 0.6 is 0 Å². The minimum Gasteiger partial charge on any atom is -0.549 e. The molecular weight excluding hydrogens is 621 g/mol. The van der Waals surface area contributed by atoms with Gasteiger partial charge in [-0.25, -0.2) is 26.3 Å². The second kappa shape index (κ2) is 33.4. The van der Waals surface area contributed by atoms with Crippen LogP contribution in [-0.4, -0.2) is 91.1 Å². The molecule has 0 aromatic heterocycles. The first-order valence-electron chi connectivity index (χ1n) is 16.3. The number of sulfonamides is 2. The Balaban J connectivity index is -0.000000727. The minimum absolute atomic E-state index is 0. The van der Waals surface area contributed by atoms with Crippen LogP contribution in [0.15, 0.2) is 0 Å². The Kier molecular flexibility index (Phi) is 36.8. The number of nitrogens with one attached hydrogen (secondary N) is 2. The summed E-state index contributed by atoms with van der Waals surface area (Å²) in [6, 6.07) is 0. The van der Waals surface area contributed by atoms with Gasteiger partial charge in [-0.05, 0) is 12.8 Å². The average Bonchev–Trinajstić information content (AvgIpc) is 2.93. The van der Waals surface area contributed by atoms with Crippen LogP contribution in [-0.2, 0) is 29.6 Å². The van der Waals surface area contributed by atoms with Crippen LogP contribution in [0.2, 0.25) is 0 Å². The first-order valence-corrected chi connectivity index (χ1v) is 19.6. The molecule has 10 nitrogen and oxygen atoms in total. The van der Waals surface area contributed by atoms with E-state index in [1.165, 1.54) is 89.9 Å². The Bertz CT molecular complexity index is 786. The first kappa shape index (κ1) is 47.4. The van der Waals surface area contributed by atoms with Gasteiger partial charge in [-0.3, -0.25) is 0 Å². The SMILES string of the molecule is CCCCCCCCCCCCCS(=O)(=O)NCC(=O)[O-].CCCCCCCCCCCCCS(=O)(=O)NCC(=O)[O-].[Ca+2]. The number of carboxylic acids is 2. The maximum atomic E-state index is 11.4. The normalized spacial score (nSPS) is 11.4. The average molecular weight is 681 g/mol. The fraction of sp³-hybridized carbons (Fsp3) is 0.933. The van der Waals surface area contributed by atoms with Crippen molar-refractivity contribution in [2.45, 2.75) is 155 Å². The smallest absolute Gasteiger partial charge is 0.549 e. The molecule has 0 radical (unpaired) electrons. The van der Waals surface area contributed by atoms with Gasteiger partial charge in [-0.15, -0.1) is 0 Å². The van der Waals surface area contributed by atoms with Crippen LogP contribution in [0, 0.1) is 0 Å². The molecule has 13 heteroatoms. The molecule has 43 heavy (non-hydrogen) atoms. The topological polar surface area (TPSA) is 173 Å². The van der Waals surface area contributed by atoms with Gasteiger partial charge in [0, 0.05) is 0 Å². The van der Waals surface area contributed by atoms with Gasteiger partial charge < -0.3 is 19.8 Å². The molecule has 0 aliphatic heterocycles. The molecule has 252 valence electrons. The fourth-order valence-electron chi connectivity index (χ4n) is 4.39. The van der Waals surface area contributed by atoms with Crippen LogP contribution in [0.5, 0.6) is 0 Å². The molecule has 0 aromatic rings. The maximum Gasteiger partial charge on any atom is 2.00 e. The van der Waals surface area contributed by atoms with E-state index in [4.69, 9.17) is 0 Å². The molecule has 0 aliphatic rings. The van der Waals surface area contributed by atoms with Gasteiger partial charge in [0.15, 0.2) is 0 Å². The summed E-state index contributed by atoms with van der Waals surface area (Å²) in [5.41, 5.74) is 0. The maximum absolute atomic E-state index is 11.4. The Labute approximate surface area is 293 Å². The van der Waals surface area contributed by atoms with Gasteiger partial charge in [0.05, 0.1) is 36.5 Å². The summed E-state index contributed by atoms with van der Waals surface area (Å²) in [5, 5.41) is 20.3. The molecular formula is C30H60CaN2O8S2. The number of carboxylic acid groups (broad SMARTS) is 2. The van der Waals surface area contributed by atoms with E-state index in [9.17, 15) is 36.6 Å². The molecule has 0 fully saturated rings. The number of unbranched alkanes of at least 4 members (excludes halogenated alkanes) is 20. The van der Waals surface area contributed by atoms with Crippen molar-refractivity contribution in [2.24, 2.45) is 0 Å². The molecule has 0 spiro atoms. The van der Waals surface area contributed by atoms with E-state index in [0.717, 1.165) is 38.5 Å². The zero-order chi connectivity index (χ0) is 32.0. The summed E-state index contributed by atoms with van der Waals surface area (Å²) in [4.78, 5) is 20.3. The first-order chi connectivity index (χ1) is 20.0. The van der Waals surface area contributed by atoms with Crippen molar-refractivity contribution in [3.05, 3.63) is 0 Å². The third-order valence-corrected chi connectivity index (χ3v) is 9.73. The molecule has 2 N–H and O–H groups in total. The van der Waals surface area contributed by atoms with Crippen LogP contribution in [0.1, 0.15) is 155 Å². The van der Waals surface area contributed by atoms with Crippen molar-refractivity contribution in [3.63, 3.8) is 0 Å². The number of carbonyl (C=O) groups excluding carboxylic acids is 2. The zero-order valence-electron chi connectivity index (χ0n) is 27.2. The van der Waals surface area contributed by atoms with Gasteiger partial charge in [0.25, 0.3) is 0 Å². The molecule has 0 saturated carbocycles. The fourth-order valence-corrected chi connectivity index (χ4v) is 6.53. The molecule has 0 heterocycles. The van der Waals surface area contributed by atoms with E-state index in [-0.39, 0.29) is 49.2 Å². The van der Waals surface area contributed by atoms with Gasteiger partial charge in [0.1, 0.15) is 0 Å². The number of hydrogen-bond acceptors (Lipinski definition) is 8. The largest absolute Gasteiger partial charge is 2.00 e. The molecule has 0 atom stereocenters. The van der Waals surface area contributed by atoms with E-state index in [1.807, 2.05) is 9.44 Å². The predicted molar refractivity (Wildman–Crippen MR) is 172 cm³/mol. The second-order valence-electron chi connectivity index (χ2n) is 11.1. The van der Waals surface area contributed by atoms with Crippen LogP contribution in [0.4, 0.5) is 0 Å².